The monoisotopic (exact) mass is 421 g/mol. The predicted molar refractivity (Wildman–Crippen MR) is 130 cm³/mol. The van der Waals surface area contributed by atoms with Gasteiger partial charge in [-0.3, -0.25) is 0 Å². The summed E-state index contributed by atoms with van der Waals surface area (Å²) in [5.74, 6) is 0.980. The third kappa shape index (κ3) is 5.87. The van der Waals surface area contributed by atoms with Crippen LogP contribution in [0.4, 0.5) is 0 Å². The largest absolute Gasteiger partial charge is 0.489 e. The van der Waals surface area contributed by atoms with Crippen LogP contribution in [0.1, 0.15) is 48.8 Å². The third-order valence-electron chi connectivity index (χ3n) is 5.82. The molecule has 30 heavy (non-hydrogen) atoms. The quantitative estimate of drug-likeness (QED) is 0.308. The standard InChI is InChI=1S/C27H31NO.ClH/c1-21-11-13-23(14-12-21)20-29-27-16-15-24-9-5-6-10-25(24)26(27)19-28-18-17-22-7-3-2-4-8-22;/h5-7,9-16,28H,2-4,8,17-20H2,1H3;1H. The summed E-state index contributed by atoms with van der Waals surface area (Å²) in [6, 6.07) is 21.4. The lowest BCUT2D eigenvalue weighted by molar-refractivity contribution is 0.303. The molecule has 0 spiro atoms. The van der Waals surface area contributed by atoms with Crippen molar-refractivity contribution in [3.05, 3.63) is 89.0 Å². The maximum Gasteiger partial charge on any atom is 0.124 e. The SMILES string of the molecule is Cc1ccc(COc2ccc3ccccc3c2CNCCC2=CCCCC2)cc1.Cl. The molecule has 0 fully saturated rings. The van der Waals surface area contributed by atoms with Crippen molar-refractivity contribution in [3.63, 3.8) is 0 Å². The van der Waals surface area contributed by atoms with Gasteiger partial charge in [-0.1, -0.05) is 71.8 Å². The molecule has 4 rings (SSSR count). The molecule has 0 unspecified atom stereocenters. The van der Waals surface area contributed by atoms with Gasteiger partial charge in [0.15, 0.2) is 0 Å². The summed E-state index contributed by atoms with van der Waals surface area (Å²) in [5.41, 5.74) is 5.36. The van der Waals surface area contributed by atoms with Crippen molar-refractivity contribution in [2.75, 3.05) is 6.54 Å². The van der Waals surface area contributed by atoms with Gasteiger partial charge in [0.25, 0.3) is 0 Å². The van der Waals surface area contributed by atoms with Crippen molar-refractivity contribution in [2.24, 2.45) is 0 Å². The van der Waals surface area contributed by atoms with Gasteiger partial charge in [0.05, 0.1) is 0 Å². The van der Waals surface area contributed by atoms with Gasteiger partial charge in [-0.05, 0) is 68.0 Å². The molecule has 0 aromatic heterocycles. The molecule has 2 nitrogen and oxygen atoms in total. The fourth-order valence-electron chi connectivity index (χ4n) is 4.07. The average molecular weight is 422 g/mol. The summed E-state index contributed by atoms with van der Waals surface area (Å²) in [6.45, 7) is 4.56. The first-order chi connectivity index (χ1) is 14.3. The van der Waals surface area contributed by atoms with E-state index < -0.39 is 0 Å². The molecule has 1 aliphatic carbocycles. The first kappa shape index (κ1) is 22.4. The predicted octanol–water partition coefficient (Wildman–Crippen LogP) is 7.13. The molecule has 0 bridgehead atoms. The smallest absolute Gasteiger partial charge is 0.124 e. The number of rotatable bonds is 8. The molecule has 158 valence electrons. The van der Waals surface area contributed by atoms with Gasteiger partial charge in [-0.2, -0.15) is 0 Å². The summed E-state index contributed by atoms with van der Waals surface area (Å²) in [7, 11) is 0. The Morgan fingerprint density at radius 3 is 2.57 bits per heavy atom. The van der Waals surface area contributed by atoms with Gasteiger partial charge in [0.1, 0.15) is 12.4 Å². The van der Waals surface area contributed by atoms with Crippen LogP contribution in [0.5, 0.6) is 5.75 Å². The van der Waals surface area contributed by atoms with Gasteiger partial charge >= 0.3 is 0 Å². The van der Waals surface area contributed by atoms with Gasteiger partial charge in [-0.25, -0.2) is 0 Å². The number of aryl methyl sites for hydroxylation is 1. The summed E-state index contributed by atoms with van der Waals surface area (Å²) < 4.78 is 6.27. The van der Waals surface area contributed by atoms with E-state index in [0.29, 0.717) is 6.61 Å². The molecular formula is C27H32ClNO. The van der Waals surface area contributed by atoms with Crippen molar-refractivity contribution in [2.45, 2.75) is 52.2 Å². The van der Waals surface area contributed by atoms with Crippen LogP contribution in [0.2, 0.25) is 0 Å². The molecule has 3 aromatic rings. The Labute approximate surface area is 186 Å². The van der Waals surface area contributed by atoms with Gasteiger partial charge in [0.2, 0.25) is 0 Å². The Morgan fingerprint density at radius 2 is 1.77 bits per heavy atom. The minimum absolute atomic E-state index is 0. The Hall–Kier alpha value is -2.29. The van der Waals surface area contributed by atoms with Gasteiger partial charge < -0.3 is 10.1 Å². The van der Waals surface area contributed by atoms with Crippen molar-refractivity contribution in [1.82, 2.24) is 5.32 Å². The molecular weight excluding hydrogens is 390 g/mol. The lowest BCUT2D eigenvalue weighted by Crippen LogP contribution is -2.16. The summed E-state index contributed by atoms with van der Waals surface area (Å²) in [6.07, 6.45) is 8.85. The van der Waals surface area contributed by atoms with E-state index in [0.717, 1.165) is 25.3 Å². The van der Waals surface area contributed by atoms with Crippen molar-refractivity contribution in [3.8, 4) is 5.75 Å². The first-order valence-electron chi connectivity index (χ1n) is 10.9. The number of hydrogen-bond donors (Lipinski definition) is 1. The topological polar surface area (TPSA) is 21.3 Å². The van der Waals surface area contributed by atoms with Gasteiger partial charge in [0, 0.05) is 12.1 Å². The Balaban J connectivity index is 0.00000256. The fraction of sp³-hybridized carbons (Fsp3) is 0.333. The molecule has 0 atom stereocenters. The number of benzene rings is 3. The second-order valence-corrected chi connectivity index (χ2v) is 8.07. The first-order valence-corrected chi connectivity index (χ1v) is 10.9. The van der Waals surface area contributed by atoms with E-state index in [4.69, 9.17) is 4.74 Å². The molecule has 1 aliphatic rings. The second-order valence-electron chi connectivity index (χ2n) is 8.07. The van der Waals surface area contributed by atoms with Crippen LogP contribution >= 0.6 is 12.4 Å². The second kappa shape index (κ2) is 11.2. The van der Waals surface area contributed by atoms with E-state index in [1.54, 1.807) is 5.57 Å². The number of nitrogens with one attached hydrogen (secondary N) is 1. The van der Waals surface area contributed by atoms with E-state index in [2.05, 4.69) is 79.0 Å². The normalized spacial score (nSPS) is 13.6. The molecule has 0 saturated carbocycles. The van der Waals surface area contributed by atoms with Crippen molar-refractivity contribution >= 4 is 23.2 Å². The van der Waals surface area contributed by atoms with Crippen LogP contribution in [0.3, 0.4) is 0 Å². The van der Waals surface area contributed by atoms with Crippen LogP contribution in [0.15, 0.2) is 72.3 Å². The zero-order chi connectivity index (χ0) is 19.9. The minimum Gasteiger partial charge on any atom is -0.489 e. The highest BCUT2D eigenvalue weighted by Gasteiger charge is 2.10. The highest BCUT2D eigenvalue weighted by atomic mass is 35.5. The van der Waals surface area contributed by atoms with E-state index in [-0.39, 0.29) is 12.4 Å². The highest BCUT2D eigenvalue weighted by molar-refractivity contribution is 5.87. The number of hydrogen-bond acceptors (Lipinski definition) is 2. The lowest BCUT2D eigenvalue weighted by atomic mass is 9.97. The molecule has 0 aliphatic heterocycles. The molecule has 1 N–H and O–H groups in total. The Kier molecular flexibility index (Phi) is 8.36. The van der Waals surface area contributed by atoms with E-state index in [9.17, 15) is 0 Å². The lowest BCUT2D eigenvalue weighted by Gasteiger charge is -2.16. The molecule has 0 amide bonds. The third-order valence-corrected chi connectivity index (χ3v) is 5.82. The molecule has 0 saturated heterocycles. The van der Waals surface area contributed by atoms with Crippen LogP contribution in [-0.2, 0) is 13.2 Å². The summed E-state index contributed by atoms with van der Waals surface area (Å²) in [5, 5.41) is 6.21. The van der Waals surface area contributed by atoms with E-state index in [1.165, 1.54) is 53.1 Å². The van der Waals surface area contributed by atoms with Crippen molar-refractivity contribution in [1.29, 1.82) is 0 Å². The fourth-order valence-corrected chi connectivity index (χ4v) is 4.07. The Morgan fingerprint density at radius 1 is 0.933 bits per heavy atom. The van der Waals surface area contributed by atoms with Crippen LogP contribution in [0.25, 0.3) is 10.8 Å². The van der Waals surface area contributed by atoms with Crippen molar-refractivity contribution < 1.29 is 4.74 Å². The molecule has 0 radical (unpaired) electrons. The number of halogens is 1. The maximum absolute atomic E-state index is 6.27. The highest BCUT2D eigenvalue weighted by Crippen LogP contribution is 2.29. The van der Waals surface area contributed by atoms with Gasteiger partial charge in [-0.15, -0.1) is 12.4 Å². The summed E-state index contributed by atoms with van der Waals surface area (Å²) in [4.78, 5) is 0. The number of allylic oxidation sites excluding steroid dienone is 1. The van der Waals surface area contributed by atoms with E-state index >= 15 is 0 Å². The Bertz CT molecular complexity index is 978. The molecule has 3 aromatic carbocycles. The number of fused-ring (bicyclic) bond motifs is 1. The maximum atomic E-state index is 6.27. The van der Waals surface area contributed by atoms with Crippen LogP contribution in [-0.4, -0.2) is 6.54 Å². The van der Waals surface area contributed by atoms with Crippen LogP contribution in [0, 0.1) is 6.92 Å². The van der Waals surface area contributed by atoms with Crippen LogP contribution < -0.4 is 10.1 Å². The molecule has 3 heteroatoms. The average Bonchev–Trinajstić information content (AvgIpc) is 2.77. The number of ether oxygens (including phenoxy) is 1. The zero-order valence-corrected chi connectivity index (χ0v) is 18.6. The molecule has 0 heterocycles. The summed E-state index contributed by atoms with van der Waals surface area (Å²) >= 11 is 0. The minimum atomic E-state index is 0. The zero-order valence-electron chi connectivity index (χ0n) is 17.8. The van der Waals surface area contributed by atoms with E-state index in [1.807, 2.05) is 0 Å².